The van der Waals surface area contributed by atoms with Gasteiger partial charge in [-0.25, -0.2) is 13.8 Å². The molecule has 2 heterocycles. The van der Waals surface area contributed by atoms with E-state index in [1.807, 2.05) is 13.8 Å². The van der Waals surface area contributed by atoms with Gasteiger partial charge >= 0.3 is 0 Å². The number of rotatable bonds is 3. The summed E-state index contributed by atoms with van der Waals surface area (Å²) < 4.78 is 26.9. The van der Waals surface area contributed by atoms with Crippen molar-refractivity contribution in [2.75, 3.05) is 0 Å². The van der Waals surface area contributed by atoms with Crippen molar-refractivity contribution in [1.29, 1.82) is 0 Å². The fourth-order valence-corrected chi connectivity index (χ4v) is 3.18. The number of hydrogen-bond acceptors (Lipinski definition) is 4. The first-order valence-electron chi connectivity index (χ1n) is 7.53. The monoisotopic (exact) mass is 456 g/mol. The molecule has 3 rings (SSSR count). The Balaban J connectivity index is 0.00000151. The van der Waals surface area contributed by atoms with Gasteiger partial charge in [0, 0.05) is 32.7 Å². The number of fused-ring (bicyclic) bond motifs is 1. The summed E-state index contributed by atoms with van der Waals surface area (Å²) in [5.41, 5.74) is 2.20. The van der Waals surface area contributed by atoms with E-state index in [2.05, 4.69) is 4.98 Å². The smallest absolute Gasteiger partial charge is 0.264 e. The third-order valence-electron chi connectivity index (χ3n) is 3.45. The van der Waals surface area contributed by atoms with Crippen LogP contribution in [-0.2, 0) is 39.3 Å². The van der Waals surface area contributed by atoms with E-state index in [4.69, 9.17) is 0 Å². The topological polar surface area (TPSA) is 55.1 Å². The second-order valence-corrected chi connectivity index (χ2v) is 5.71. The molecule has 0 fully saturated rings. The van der Waals surface area contributed by atoms with E-state index >= 15 is 0 Å². The molecule has 0 saturated carbocycles. The van der Waals surface area contributed by atoms with E-state index in [9.17, 15) is 18.7 Å². The fourth-order valence-electron chi connectivity index (χ4n) is 2.44. The SMILES string of the molecule is CC.Cc1ccccc1-c1c(O)c2scnc2n(CC(F)F)c1=O.[CH3-].[Y]. The molecule has 0 unspecified atom stereocenters. The molecular weight excluding hydrogens is 435 g/mol. The van der Waals surface area contributed by atoms with Gasteiger partial charge in [0.25, 0.3) is 12.0 Å². The Hall–Kier alpha value is -1.18. The van der Waals surface area contributed by atoms with E-state index in [0.717, 1.165) is 21.5 Å². The molecule has 0 aliphatic heterocycles. The molecule has 0 aliphatic carbocycles. The van der Waals surface area contributed by atoms with Gasteiger partial charge in [0.15, 0.2) is 5.65 Å². The van der Waals surface area contributed by atoms with Gasteiger partial charge in [-0.3, -0.25) is 9.36 Å². The molecule has 0 saturated heterocycles. The number of hydrogen-bond donors (Lipinski definition) is 1. The summed E-state index contributed by atoms with van der Waals surface area (Å²) in [6, 6.07) is 7.02. The maximum Gasteiger partial charge on any atom is 0.264 e. The summed E-state index contributed by atoms with van der Waals surface area (Å²) in [5, 5.41) is 10.4. The number of alkyl halides is 2. The van der Waals surface area contributed by atoms with E-state index < -0.39 is 18.5 Å². The van der Waals surface area contributed by atoms with Crippen LogP contribution < -0.4 is 5.56 Å². The predicted octanol–water partition coefficient (Wildman–Crippen LogP) is 4.88. The van der Waals surface area contributed by atoms with Crippen LogP contribution in [0, 0.1) is 14.4 Å². The van der Waals surface area contributed by atoms with E-state index in [1.54, 1.807) is 31.2 Å². The van der Waals surface area contributed by atoms with Crippen molar-refractivity contribution >= 4 is 21.7 Å². The van der Waals surface area contributed by atoms with Crippen LogP contribution in [0.1, 0.15) is 19.4 Å². The zero-order valence-corrected chi connectivity index (χ0v) is 18.8. The Labute approximate surface area is 180 Å². The zero-order chi connectivity index (χ0) is 17.9. The van der Waals surface area contributed by atoms with Crippen molar-refractivity contribution in [3.05, 3.63) is 53.1 Å². The first-order valence-corrected chi connectivity index (χ1v) is 8.41. The Morgan fingerprint density at radius 1 is 1.27 bits per heavy atom. The van der Waals surface area contributed by atoms with Crippen LogP contribution in [0.3, 0.4) is 0 Å². The minimum atomic E-state index is -2.68. The van der Waals surface area contributed by atoms with Crippen LogP contribution in [0.5, 0.6) is 5.75 Å². The molecule has 0 atom stereocenters. The number of aryl methyl sites for hydroxylation is 1. The fraction of sp³-hybridized carbons (Fsp3) is 0.278. The van der Waals surface area contributed by atoms with Gasteiger partial charge in [-0.15, -0.1) is 11.3 Å². The van der Waals surface area contributed by atoms with Crippen LogP contribution in [0.2, 0.25) is 0 Å². The number of benzene rings is 1. The van der Waals surface area contributed by atoms with E-state index in [-0.39, 0.29) is 57.1 Å². The van der Waals surface area contributed by atoms with E-state index in [1.165, 1.54) is 5.51 Å². The van der Waals surface area contributed by atoms with Gasteiger partial charge < -0.3 is 12.5 Å². The average Bonchev–Trinajstić information content (AvgIpc) is 3.05. The first-order chi connectivity index (χ1) is 11.5. The van der Waals surface area contributed by atoms with E-state index in [0.29, 0.717) is 10.3 Å². The second kappa shape index (κ2) is 10.8. The summed E-state index contributed by atoms with van der Waals surface area (Å²) in [6.45, 7) is 5.04. The van der Waals surface area contributed by atoms with Crippen molar-refractivity contribution < 1.29 is 46.6 Å². The second-order valence-electron chi connectivity index (χ2n) is 4.85. The van der Waals surface area contributed by atoms with Gasteiger partial charge in [0.2, 0.25) is 0 Å². The molecule has 0 bridgehead atoms. The Bertz CT molecular complexity index is 910. The predicted molar refractivity (Wildman–Crippen MR) is 99.5 cm³/mol. The Morgan fingerprint density at radius 3 is 2.46 bits per heavy atom. The molecular formula is C18H21F2N2O2SY-. The van der Waals surface area contributed by atoms with Crippen LogP contribution >= 0.6 is 11.3 Å². The largest absolute Gasteiger partial charge is 0.505 e. The van der Waals surface area contributed by atoms with Crippen LogP contribution in [-0.4, -0.2) is 21.1 Å². The maximum atomic E-state index is 12.8. The third-order valence-corrected chi connectivity index (χ3v) is 4.27. The molecule has 26 heavy (non-hydrogen) atoms. The first kappa shape index (κ1) is 24.8. The number of aromatic hydroxyl groups is 1. The summed E-state index contributed by atoms with van der Waals surface area (Å²) in [7, 11) is 0. The minimum absolute atomic E-state index is 0. The van der Waals surface area contributed by atoms with Crippen molar-refractivity contribution in [3.8, 4) is 16.9 Å². The molecule has 3 aromatic rings. The molecule has 0 amide bonds. The normalized spacial score (nSPS) is 9.92. The van der Waals surface area contributed by atoms with Gasteiger partial charge in [-0.05, 0) is 18.1 Å². The maximum absolute atomic E-state index is 12.8. The molecule has 8 heteroatoms. The average molecular weight is 456 g/mol. The van der Waals surface area contributed by atoms with Gasteiger partial charge in [-0.2, -0.15) is 0 Å². The molecule has 0 aliphatic rings. The minimum Gasteiger partial charge on any atom is -0.505 e. The molecule has 4 nitrogen and oxygen atoms in total. The van der Waals surface area contributed by atoms with Gasteiger partial charge in [0.05, 0.1) is 17.6 Å². The number of thiazole rings is 1. The Kier molecular flexibility index (Phi) is 10.4. The van der Waals surface area contributed by atoms with Crippen LogP contribution in [0.25, 0.3) is 21.5 Å². The van der Waals surface area contributed by atoms with Crippen molar-refractivity contribution in [2.45, 2.75) is 33.7 Å². The number of pyridine rings is 1. The van der Waals surface area contributed by atoms with Crippen molar-refractivity contribution in [3.63, 3.8) is 0 Å². The van der Waals surface area contributed by atoms with Gasteiger partial charge in [-0.1, -0.05) is 38.1 Å². The van der Waals surface area contributed by atoms with Crippen molar-refractivity contribution in [1.82, 2.24) is 9.55 Å². The third kappa shape index (κ3) is 4.75. The van der Waals surface area contributed by atoms with Crippen LogP contribution in [0.4, 0.5) is 8.78 Å². The number of nitrogens with zero attached hydrogens (tertiary/aromatic N) is 2. The van der Waals surface area contributed by atoms with Gasteiger partial charge in [0.1, 0.15) is 10.4 Å². The zero-order valence-electron chi connectivity index (χ0n) is 15.2. The molecule has 2 aromatic heterocycles. The molecule has 139 valence electrons. The molecule has 1 aromatic carbocycles. The molecule has 0 spiro atoms. The van der Waals surface area contributed by atoms with Crippen molar-refractivity contribution in [2.24, 2.45) is 0 Å². The summed E-state index contributed by atoms with van der Waals surface area (Å²) >= 11 is 1.11. The molecule has 1 N–H and O–H groups in total. The number of halogens is 2. The van der Waals surface area contributed by atoms with Crippen LogP contribution in [0.15, 0.2) is 34.6 Å². The summed E-state index contributed by atoms with van der Waals surface area (Å²) in [6.07, 6.45) is -2.68. The number of aromatic nitrogens is 2. The summed E-state index contributed by atoms with van der Waals surface area (Å²) in [5.74, 6) is -0.206. The quantitative estimate of drug-likeness (QED) is 0.572. The Morgan fingerprint density at radius 2 is 1.88 bits per heavy atom. The summed E-state index contributed by atoms with van der Waals surface area (Å²) in [4.78, 5) is 16.6. The standard InChI is InChI=1S/C15H12F2N2O2S.C2H6.CH3.Y/c1-8-4-2-3-5-9(8)11-12(20)13-14(18-7-22-13)19(15(11)21)6-10(16)17;1-2;;/h2-5,7,10,20H,6H2,1H3;1-2H3;1H3;/q;;-1;. The molecule has 1 radical (unpaired) electrons.